The molecule has 0 aliphatic carbocycles. The Bertz CT molecular complexity index is 987. The van der Waals surface area contributed by atoms with Crippen LogP contribution >= 0.6 is 0 Å². The van der Waals surface area contributed by atoms with Crippen LogP contribution in [0.25, 0.3) is 0 Å². The second kappa shape index (κ2) is 9.78. The minimum absolute atomic E-state index is 0.0000628. The summed E-state index contributed by atoms with van der Waals surface area (Å²) in [5.74, 6) is 0.493. The van der Waals surface area contributed by atoms with E-state index < -0.39 is 15.3 Å². The van der Waals surface area contributed by atoms with Gasteiger partial charge in [-0.15, -0.1) is 0 Å². The third kappa shape index (κ3) is 5.07. The number of hydrogen-bond donors (Lipinski definition) is 0. The first-order valence-electron chi connectivity index (χ1n) is 10.6. The molecule has 1 atom stereocenters. The number of carbonyl (C=O) groups excluding carboxylic acids is 1. The maximum atomic E-state index is 13.4. The second-order valence-corrected chi connectivity index (χ2v) is 10.6. The van der Waals surface area contributed by atoms with E-state index in [1.807, 2.05) is 42.5 Å². The van der Waals surface area contributed by atoms with Crippen LogP contribution in [0.2, 0.25) is 0 Å². The molecule has 0 radical (unpaired) electrons. The molecule has 1 fully saturated rings. The lowest BCUT2D eigenvalue weighted by molar-refractivity contribution is -0.137. The van der Waals surface area contributed by atoms with E-state index in [-0.39, 0.29) is 17.9 Å². The van der Waals surface area contributed by atoms with Crippen LogP contribution in [0, 0.1) is 5.92 Å². The molecule has 31 heavy (non-hydrogen) atoms. The lowest BCUT2D eigenvalue weighted by Gasteiger charge is -2.36. The Labute approximate surface area is 185 Å². The number of methoxy groups -OCH3 is 1. The zero-order valence-electron chi connectivity index (χ0n) is 18.6. The monoisotopic (exact) mass is 445 g/mol. The Hall–Kier alpha value is -2.45. The summed E-state index contributed by atoms with van der Waals surface area (Å²) in [6.07, 6.45) is 2.75. The number of pyridine rings is 1. The van der Waals surface area contributed by atoms with Crippen molar-refractivity contribution in [1.29, 1.82) is 0 Å². The van der Waals surface area contributed by atoms with Gasteiger partial charge in [-0.25, -0.2) is 12.7 Å². The lowest BCUT2D eigenvalue weighted by atomic mass is 9.94. The van der Waals surface area contributed by atoms with Crippen molar-refractivity contribution in [2.24, 2.45) is 5.92 Å². The topological polar surface area (TPSA) is 79.8 Å². The standard InChI is InChI=1S/C23H31N3O4S/c1-17(2)31(28,29)26-14-11-18(12-15-26)23(27)25(3)22(21-10-5-6-13-24-21)19-8-7-9-20(16-19)30-4/h5-10,13,16-18,22H,11-12,14-15H2,1-4H3. The summed E-state index contributed by atoms with van der Waals surface area (Å²) in [4.78, 5) is 19.7. The Kier molecular flexibility index (Phi) is 7.33. The molecule has 2 heterocycles. The average molecular weight is 446 g/mol. The normalized spacial score (nSPS) is 16.8. The number of ether oxygens (including phenoxy) is 1. The van der Waals surface area contributed by atoms with E-state index in [0.717, 1.165) is 11.3 Å². The van der Waals surface area contributed by atoms with Crippen LogP contribution in [-0.2, 0) is 14.8 Å². The van der Waals surface area contributed by atoms with Crippen LogP contribution in [0.4, 0.5) is 0 Å². The molecular formula is C23H31N3O4S. The van der Waals surface area contributed by atoms with Gasteiger partial charge in [-0.05, 0) is 56.5 Å². The predicted octanol–water partition coefficient (Wildman–Crippen LogP) is 3.09. The average Bonchev–Trinajstić information content (AvgIpc) is 2.79. The second-order valence-electron chi connectivity index (χ2n) is 8.15. The number of aromatic nitrogens is 1. The number of amides is 1. The predicted molar refractivity (Wildman–Crippen MR) is 120 cm³/mol. The highest BCUT2D eigenvalue weighted by atomic mass is 32.2. The first-order chi connectivity index (χ1) is 14.8. The minimum Gasteiger partial charge on any atom is -0.497 e. The van der Waals surface area contributed by atoms with Crippen molar-refractivity contribution in [2.75, 3.05) is 27.2 Å². The fraction of sp³-hybridized carbons (Fsp3) is 0.478. The first kappa shape index (κ1) is 23.2. The SMILES string of the molecule is COc1cccc(C(c2ccccn2)N(C)C(=O)C2CCN(S(=O)(=O)C(C)C)CC2)c1. The zero-order chi connectivity index (χ0) is 22.6. The Balaban J connectivity index is 1.82. The number of benzene rings is 1. The molecule has 8 heteroatoms. The highest BCUT2D eigenvalue weighted by molar-refractivity contribution is 7.89. The van der Waals surface area contributed by atoms with Gasteiger partial charge in [0.15, 0.2) is 0 Å². The van der Waals surface area contributed by atoms with Gasteiger partial charge < -0.3 is 9.64 Å². The molecule has 1 aliphatic rings. The number of rotatable bonds is 7. The highest BCUT2D eigenvalue weighted by Crippen LogP contribution is 2.32. The number of nitrogens with zero attached hydrogens (tertiary/aromatic N) is 3. The van der Waals surface area contributed by atoms with Gasteiger partial charge >= 0.3 is 0 Å². The molecule has 0 saturated carbocycles. The molecule has 168 valence electrons. The van der Waals surface area contributed by atoms with Gasteiger partial charge in [0.25, 0.3) is 0 Å². The van der Waals surface area contributed by atoms with Gasteiger partial charge in [0, 0.05) is 32.3 Å². The van der Waals surface area contributed by atoms with E-state index >= 15 is 0 Å². The quantitative estimate of drug-likeness (QED) is 0.654. The Morgan fingerprint density at radius 3 is 2.45 bits per heavy atom. The van der Waals surface area contributed by atoms with Crippen molar-refractivity contribution in [3.05, 3.63) is 59.9 Å². The van der Waals surface area contributed by atoms with Gasteiger partial charge in [-0.2, -0.15) is 0 Å². The Morgan fingerprint density at radius 1 is 1.16 bits per heavy atom. The van der Waals surface area contributed by atoms with E-state index in [9.17, 15) is 13.2 Å². The van der Waals surface area contributed by atoms with Gasteiger partial charge in [0.1, 0.15) is 5.75 Å². The smallest absolute Gasteiger partial charge is 0.226 e. The Morgan fingerprint density at radius 2 is 1.87 bits per heavy atom. The summed E-state index contributed by atoms with van der Waals surface area (Å²) in [5.41, 5.74) is 1.68. The summed E-state index contributed by atoms with van der Waals surface area (Å²) in [5, 5.41) is -0.455. The van der Waals surface area contributed by atoms with E-state index in [4.69, 9.17) is 4.74 Å². The van der Waals surface area contributed by atoms with Crippen LogP contribution in [0.1, 0.15) is 44.0 Å². The van der Waals surface area contributed by atoms with Gasteiger partial charge in [-0.1, -0.05) is 18.2 Å². The van der Waals surface area contributed by atoms with Crippen molar-refractivity contribution in [2.45, 2.75) is 38.0 Å². The summed E-state index contributed by atoms with van der Waals surface area (Å²) >= 11 is 0. The molecule has 1 aromatic carbocycles. The number of sulfonamides is 1. The van der Waals surface area contributed by atoms with Crippen LogP contribution < -0.4 is 4.74 Å². The van der Waals surface area contributed by atoms with Crippen LogP contribution in [0.5, 0.6) is 5.75 Å². The highest BCUT2D eigenvalue weighted by Gasteiger charge is 2.35. The molecule has 1 unspecified atom stereocenters. The van der Waals surface area contributed by atoms with E-state index in [0.29, 0.717) is 31.7 Å². The summed E-state index contributed by atoms with van der Waals surface area (Å²) in [6.45, 7) is 4.12. The van der Waals surface area contributed by atoms with Gasteiger partial charge in [-0.3, -0.25) is 9.78 Å². The molecule has 1 amide bonds. The summed E-state index contributed by atoms with van der Waals surface area (Å²) in [7, 11) is 0.109. The van der Waals surface area contributed by atoms with Crippen LogP contribution in [-0.4, -0.2) is 61.0 Å². The van der Waals surface area contributed by atoms with Crippen molar-refractivity contribution in [1.82, 2.24) is 14.2 Å². The molecule has 2 aromatic rings. The van der Waals surface area contributed by atoms with Gasteiger partial charge in [0.05, 0.1) is 24.1 Å². The largest absolute Gasteiger partial charge is 0.497 e. The van der Waals surface area contributed by atoms with Crippen molar-refractivity contribution in [3.8, 4) is 5.75 Å². The van der Waals surface area contributed by atoms with E-state index in [2.05, 4.69) is 4.98 Å². The maximum absolute atomic E-state index is 13.4. The fourth-order valence-electron chi connectivity index (χ4n) is 4.01. The third-order valence-corrected chi connectivity index (χ3v) is 8.15. The number of piperidine rings is 1. The van der Waals surface area contributed by atoms with E-state index in [1.54, 1.807) is 39.1 Å². The van der Waals surface area contributed by atoms with Crippen LogP contribution in [0.15, 0.2) is 48.7 Å². The molecule has 1 saturated heterocycles. The lowest BCUT2D eigenvalue weighted by Crippen LogP contribution is -2.46. The molecule has 1 aromatic heterocycles. The minimum atomic E-state index is -3.29. The molecule has 0 N–H and O–H groups in total. The number of hydrogen-bond acceptors (Lipinski definition) is 5. The third-order valence-electron chi connectivity index (χ3n) is 5.87. The molecule has 1 aliphatic heterocycles. The van der Waals surface area contributed by atoms with Crippen molar-refractivity contribution in [3.63, 3.8) is 0 Å². The molecule has 3 rings (SSSR count). The van der Waals surface area contributed by atoms with E-state index in [1.165, 1.54) is 4.31 Å². The molecular weight excluding hydrogens is 414 g/mol. The summed E-state index contributed by atoms with van der Waals surface area (Å²) in [6, 6.07) is 12.9. The van der Waals surface area contributed by atoms with Crippen LogP contribution in [0.3, 0.4) is 0 Å². The van der Waals surface area contributed by atoms with Crippen molar-refractivity contribution < 1.29 is 17.9 Å². The van der Waals surface area contributed by atoms with Gasteiger partial charge in [0.2, 0.25) is 15.9 Å². The number of carbonyl (C=O) groups is 1. The van der Waals surface area contributed by atoms with Crippen molar-refractivity contribution >= 4 is 15.9 Å². The fourth-order valence-corrected chi connectivity index (χ4v) is 5.33. The molecule has 0 spiro atoms. The summed E-state index contributed by atoms with van der Waals surface area (Å²) < 4.78 is 31.8. The maximum Gasteiger partial charge on any atom is 0.226 e. The first-order valence-corrected chi connectivity index (χ1v) is 12.1. The molecule has 7 nitrogen and oxygen atoms in total. The molecule has 0 bridgehead atoms. The zero-order valence-corrected chi connectivity index (χ0v) is 19.4.